The van der Waals surface area contributed by atoms with Crippen molar-refractivity contribution < 1.29 is 9.66 Å². The molecule has 1 fully saturated rings. The van der Waals surface area contributed by atoms with E-state index in [4.69, 9.17) is 4.74 Å². The molecule has 6 nitrogen and oxygen atoms in total. The molecule has 0 saturated heterocycles. The van der Waals surface area contributed by atoms with Crippen LogP contribution in [0.25, 0.3) is 0 Å². The highest BCUT2D eigenvalue weighted by molar-refractivity contribution is 5.64. The van der Waals surface area contributed by atoms with Crippen LogP contribution in [0.4, 0.5) is 11.5 Å². The minimum absolute atomic E-state index is 0.100. The predicted molar refractivity (Wildman–Crippen MR) is 87.5 cm³/mol. The van der Waals surface area contributed by atoms with Crippen molar-refractivity contribution in [2.75, 3.05) is 5.32 Å². The van der Waals surface area contributed by atoms with E-state index in [2.05, 4.69) is 10.3 Å². The fourth-order valence-corrected chi connectivity index (χ4v) is 2.65. The van der Waals surface area contributed by atoms with E-state index in [1.165, 1.54) is 6.20 Å². The van der Waals surface area contributed by atoms with Gasteiger partial charge in [0.25, 0.3) is 0 Å². The van der Waals surface area contributed by atoms with Crippen LogP contribution in [0.1, 0.15) is 31.7 Å². The number of nitrogens with zero attached hydrogens (tertiary/aromatic N) is 2. The van der Waals surface area contributed by atoms with Gasteiger partial charge in [0, 0.05) is 18.8 Å². The van der Waals surface area contributed by atoms with E-state index in [-0.39, 0.29) is 22.9 Å². The highest BCUT2D eigenvalue weighted by Gasteiger charge is 2.36. The summed E-state index contributed by atoms with van der Waals surface area (Å²) in [5, 5.41) is 14.5. The molecular formula is C17H19N3O3. The Kier molecular flexibility index (Phi) is 4.14. The molecular weight excluding hydrogens is 294 g/mol. The van der Waals surface area contributed by atoms with Crippen LogP contribution in [0.5, 0.6) is 5.75 Å². The van der Waals surface area contributed by atoms with Gasteiger partial charge < -0.3 is 10.1 Å². The van der Waals surface area contributed by atoms with Crippen molar-refractivity contribution in [1.29, 1.82) is 0 Å². The van der Waals surface area contributed by atoms with Gasteiger partial charge in [0.05, 0.1) is 4.92 Å². The quantitative estimate of drug-likeness (QED) is 0.646. The zero-order valence-electron chi connectivity index (χ0n) is 13.0. The molecule has 1 aliphatic rings. The third kappa shape index (κ3) is 3.41. The summed E-state index contributed by atoms with van der Waals surface area (Å²) in [4.78, 5) is 15.2. The maximum absolute atomic E-state index is 11.5. The maximum atomic E-state index is 11.5. The van der Waals surface area contributed by atoms with Crippen molar-refractivity contribution in [3.05, 3.63) is 58.3 Å². The van der Waals surface area contributed by atoms with E-state index in [1.807, 2.05) is 37.3 Å². The second-order valence-electron chi connectivity index (χ2n) is 6.01. The van der Waals surface area contributed by atoms with Crippen LogP contribution in [0, 0.1) is 10.1 Å². The number of benzene rings is 1. The fraction of sp³-hybridized carbons (Fsp3) is 0.353. The molecule has 1 aromatic heterocycles. The minimum Gasteiger partial charge on any atom is -0.480 e. The number of rotatable bonds is 6. The molecule has 0 radical (unpaired) electrons. The largest absolute Gasteiger partial charge is 0.480 e. The lowest BCUT2D eigenvalue weighted by atomic mass is 9.82. The summed E-state index contributed by atoms with van der Waals surface area (Å²) >= 11 is 0. The van der Waals surface area contributed by atoms with E-state index in [9.17, 15) is 10.1 Å². The van der Waals surface area contributed by atoms with Crippen LogP contribution >= 0.6 is 0 Å². The van der Waals surface area contributed by atoms with Crippen LogP contribution in [0.2, 0.25) is 0 Å². The lowest BCUT2D eigenvalue weighted by molar-refractivity contribution is -0.385. The number of hydrogen-bond donors (Lipinski definition) is 1. The smallest absolute Gasteiger partial charge is 0.352 e. The van der Waals surface area contributed by atoms with Gasteiger partial charge in [0.15, 0.2) is 0 Å². The molecule has 120 valence electrons. The Balaban J connectivity index is 1.83. The average molecular weight is 313 g/mol. The second-order valence-corrected chi connectivity index (χ2v) is 6.01. The van der Waals surface area contributed by atoms with E-state index < -0.39 is 4.92 Å². The van der Waals surface area contributed by atoms with Gasteiger partial charge in [-0.3, -0.25) is 10.1 Å². The molecule has 0 aliphatic heterocycles. The number of anilines is 1. The summed E-state index contributed by atoms with van der Waals surface area (Å²) in [6, 6.07) is 11.3. The van der Waals surface area contributed by atoms with Crippen molar-refractivity contribution in [1.82, 2.24) is 4.98 Å². The van der Waals surface area contributed by atoms with E-state index in [1.54, 1.807) is 6.07 Å². The standard InChI is InChI=1S/C17H19N3O3/c1-17(9-5-10-17)23-14-8-11-18-16(15(14)20(21)22)19-12-13-6-3-2-4-7-13/h2-4,6-8,11H,5,9-10,12H2,1H3,(H,18,19). The van der Waals surface area contributed by atoms with E-state index >= 15 is 0 Å². The zero-order chi connectivity index (χ0) is 16.3. The lowest BCUT2D eigenvalue weighted by Crippen LogP contribution is -2.39. The molecule has 1 aromatic carbocycles. The van der Waals surface area contributed by atoms with Gasteiger partial charge in [-0.1, -0.05) is 30.3 Å². The Morgan fingerprint density at radius 3 is 2.65 bits per heavy atom. The summed E-state index contributed by atoms with van der Waals surface area (Å²) in [6.07, 6.45) is 4.46. The molecule has 0 spiro atoms. The summed E-state index contributed by atoms with van der Waals surface area (Å²) in [6.45, 7) is 2.45. The molecule has 0 unspecified atom stereocenters. The molecule has 6 heteroatoms. The fourth-order valence-electron chi connectivity index (χ4n) is 2.65. The first-order valence-electron chi connectivity index (χ1n) is 7.68. The topological polar surface area (TPSA) is 77.3 Å². The summed E-state index contributed by atoms with van der Waals surface area (Å²) in [5.41, 5.74) is 0.625. The van der Waals surface area contributed by atoms with Crippen LogP contribution in [0.15, 0.2) is 42.6 Å². The number of nitrogens with one attached hydrogen (secondary N) is 1. The van der Waals surface area contributed by atoms with Gasteiger partial charge >= 0.3 is 5.69 Å². The first kappa shape index (κ1) is 15.3. The van der Waals surface area contributed by atoms with Gasteiger partial charge in [-0.05, 0) is 31.7 Å². The van der Waals surface area contributed by atoms with Crippen LogP contribution in [-0.4, -0.2) is 15.5 Å². The Morgan fingerprint density at radius 2 is 2.04 bits per heavy atom. The monoisotopic (exact) mass is 313 g/mol. The van der Waals surface area contributed by atoms with Gasteiger partial charge in [-0.15, -0.1) is 0 Å². The van der Waals surface area contributed by atoms with Gasteiger partial charge in [-0.2, -0.15) is 0 Å². The van der Waals surface area contributed by atoms with Crippen molar-refractivity contribution in [2.45, 2.75) is 38.3 Å². The maximum Gasteiger partial charge on any atom is 0.352 e. The predicted octanol–water partition coefficient (Wildman–Crippen LogP) is 3.92. The van der Waals surface area contributed by atoms with E-state index in [0.29, 0.717) is 6.54 Å². The SMILES string of the molecule is CC1(Oc2ccnc(NCc3ccccc3)c2[N+](=O)[O-])CCC1. The first-order chi connectivity index (χ1) is 11.1. The molecule has 1 heterocycles. The third-order valence-corrected chi connectivity index (χ3v) is 4.14. The number of ether oxygens (including phenoxy) is 1. The van der Waals surface area contributed by atoms with Gasteiger partial charge in [0.2, 0.25) is 11.6 Å². The van der Waals surface area contributed by atoms with Crippen molar-refractivity contribution >= 4 is 11.5 Å². The molecule has 2 aromatic rings. The normalized spacial score (nSPS) is 15.5. The molecule has 3 rings (SSSR count). The number of pyridine rings is 1. The molecule has 1 aliphatic carbocycles. The van der Waals surface area contributed by atoms with Gasteiger partial charge in [0.1, 0.15) is 5.60 Å². The second kappa shape index (κ2) is 6.24. The Bertz CT molecular complexity index is 699. The van der Waals surface area contributed by atoms with Crippen molar-refractivity contribution in [3.63, 3.8) is 0 Å². The summed E-state index contributed by atoms with van der Waals surface area (Å²) < 4.78 is 5.90. The van der Waals surface area contributed by atoms with Crippen molar-refractivity contribution in [3.8, 4) is 5.75 Å². The number of hydrogen-bond acceptors (Lipinski definition) is 5. The minimum atomic E-state index is -0.433. The molecule has 0 bridgehead atoms. The molecule has 1 N–H and O–H groups in total. The molecule has 1 saturated carbocycles. The van der Waals surface area contributed by atoms with Crippen LogP contribution in [0.3, 0.4) is 0 Å². The highest BCUT2D eigenvalue weighted by Crippen LogP contribution is 2.41. The molecule has 0 atom stereocenters. The number of aromatic nitrogens is 1. The lowest BCUT2D eigenvalue weighted by Gasteiger charge is -2.38. The molecule has 0 amide bonds. The van der Waals surface area contributed by atoms with Crippen molar-refractivity contribution in [2.24, 2.45) is 0 Å². The summed E-state index contributed by atoms with van der Waals surface area (Å²) in [5.74, 6) is 0.516. The van der Waals surface area contributed by atoms with E-state index in [0.717, 1.165) is 24.8 Å². The first-order valence-corrected chi connectivity index (χ1v) is 7.68. The van der Waals surface area contributed by atoms with Gasteiger partial charge in [-0.25, -0.2) is 4.98 Å². The average Bonchev–Trinajstić information content (AvgIpc) is 2.52. The molecule has 23 heavy (non-hydrogen) atoms. The number of nitro groups is 1. The Morgan fingerprint density at radius 1 is 1.30 bits per heavy atom. The van der Waals surface area contributed by atoms with Crippen LogP contribution < -0.4 is 10.1 Å². The summed E-state index contributed by atoms with van der Waals surface area (Å²) in [7, 11) is 0. The Labute approximate surface area is 134 Å². The highest BCUT2D eigenvalue weighted by atomic mass is 16.6. The zero-order valence-corrected chi connectivity index (χ0v) is 13.0. The third-order valence-electron chi connectivity index (χ3n) is 4.14. The Hall–Kier alpha value is -2.63. The van der Waals surface area contributed by atoms with Crippen LogP contribution in [-0.2, 0) is 6.54 Å².